The third-order valence-electron chi connectivity index (χ3n) is 3.22. The van der Waals surface area contributed by atoms with Crippen molar-refractivity contribution in [2.75, 3.05) is 20.2 Å². The zero-order valence-corrected chi connectivity index (χ0v) is 9.76. The van der Waals surface area contributed by atoms with Crippen LogP contribution >= 0.6 is 0 Å². The Bertz CT molecular complexity index is 223. The van der Waals surface area contributed by atoms with Gasteiger partial charge in [-0.15, -0.1) is 0 Å². The number of alkyl halides is 2. The van der Waals surface area contributed by atoms with Crippen LogP contribution in [0.25, 0.3) is 0 Å². The molecule has 1 saturated heterocycles. The van der Waals surface area contributed by atoms with E-state index in [-0.39, 0.29) is 19.1 Å². The standard InChI is InChI=1S/C8H13F2NO.C3H8/c1-11-5-7(2-6(11)3-12)4-8(7,9)10;1-3-2/h6,12H,2-5H2,1H3;3H2,1-2H3/t6-,7?;/m0./s1. The van der Waals surface area contributed by atoms with Crippen molar-refractivity contribution < 1.29 is 13.9 Å². The Hall–Kier alpha value is -0.220. The van der Waals surface area contributed by atoms with Crippen LogP contribution in [0.4, 0.5) is 8.78 Å². The third-order valence-corrected chi connectivity index (χ3v) is 3.22. The Morgan fingerprint density at radius 3 is 2.07 bits per heavy atom. The smallest absolute Gasteiger partial charge is 0.255 e. The maximum Gasteiger partial charge on any atom is 0.255 e. The van der Waals surface area contributed by atoms with E-state index < -0.39 is 11.3 Å². The maximum absolute atomic E-state index is 12.9. The van der Waals surface area contributed by atoms with Gasteiger partial charge in [-0.3, -0.25) is 0 Å². The molecule has 1 aliphatic carbocycles. The summed E-state index contributed by atoms with van der Waals surface area (Å²) in [6.45, 7) is 4.68. The summed E-state index contributed by atoms with van der Waals surface area (Å²) in [6.07, 6.45) is 1.72. The van der Waals surface area contributed by atoms with Gasteiger partial charge < -0.3 is 10.0 Å². The van der Waals surface area contributed by atoms with E-state index >= 15 is 0 Å². The number of hydrogen-bond donors (Lipinski definition) is 1. The zero-order chi connectivity index (χ0) is 11.7. The summed E-state index contributed by atoms with van der Waals surface area (Å²) in [4.78, 5) is 1.83. The van der Waals surface area contributed by atoms with E-state index in [1.807, 2.05) is 4.90 Å². The molecule has 1 saturated carbocycles. The Labute approximate surface area is 90.3 Å². The van der Waals surface area contributed by atoms with Gasteiger partial charge >= 0.3 is 0 Å². The minimum atomic E-state index is -2.47. The summed E-state index contributed by atoms with van der Waals surface area (Å²) in [5.74, 6) is -2.47. The van der Waals surface area contributed by atoms with Crippen LogP contribution in [0.15, 0.2) is 0 Å². The molecule has 15 heavy (non-hydrogen) atoms. The highest BCUT2D eigenvalue weighted by molar-refractivity contribution is 5.16. The van der Waals surface area contributed by atoms with Gasteiger partial charge in [-0.1, -0.05) is 20.3 Å². The molecule has 2 atom stereocenters. The lowest BCUT2D eigenvalue weighted by Crippen LogP contribution is -2.28. The minimum absolute atomic E-state index is 0.00562. The molecule has 0 aromatic carbocycles. The van der Waals surface area contributed by atoms with Crippen molar-refractivity contribution in [1.82, 2.24) is 4.90 Å². The monoisotopic (exact) mass is 221 g/mol. The van der Waals surface area contributed by atoms with Crippen molar-refractivity contribution in [3.8, 4) is 0 Å². The highest BCUT2D eigenvalue weighted by atomic mass is 19.3. The number of likely N-dealkylation sites (N-methyl/N-ethyl adjacent to an activating group) is 1. The maximum atomic E-state index is 12.9. The fraction of sp³-hybridized carbons (Fsp3) is 1.00. The van der Waals surface area contributed by atoms with E-state index in [0.717, 1.165) is 0 Å². The van der Waals surface area contributed by atoms with Crippen LogP contribution in [-0.2, 0) is 0 Å². The van der Waals surface area contributed by atoms with Gasteiger partial charge in [0.2, 0.25) is 0 Å². The molecule has 2 fully saturated rings. The summed E-state index contributed by atoms with van der Waals surface area (Å²) < 4.78 is 25.7. The highest BCUT2D eigenvalue weighted by Gasteiger charge is 2.73. The molecule has 2 aliphatic rings. The molecule has 1 spiro atoms. The van der Waals surface area contributed by atoms with Crippen LogP contribution in [0, 0.1) is 5.41 Å². The normalized spacial score (nSPS) is 37.6. The lowest BCUT2D eigenvalue weighted by Gasteiger charge is -2.15. The predicted molar refractivity (Wildman–Crippen MR) is 56.1 cm³/mol. The molecule has 0 radical (unpaired) electrons. The van der Waals surface area contributed by atoms with Gasteiger partial charge in [0.15, 0.2) is 0 Å². The summed E-state index contributed by atoms with van der Waals surface area (Å²) in [7, 11) is 1.80. The molecule has 0 bridgehead atoms. The van der Waals surface area contributed by atoms with E-state index in [1.54, 1.807) is 7.05 Å². The molecule has 2 rings (SSSR count). The summed E-state index contributed by atoms with van der Waals surface area (Å²) in [6, 6.07) is -0.0571. The van der Waals surface area contributed by atoms with Crippen LogP contribution in [0.2, 0.25) is 0 Å². The second-order valence-electron chi connectivity index (χ2n) is 4.82. The average Bonchev–Trinajstić information content (AvgIpc) is 2.51. The molecule has 90 valence electrons. The van der Waals surface area contributed by atoms with Crippen LogP contribution in [-0.4, -0.2) is 42.2 Å². The number of likely N-dealkylation sites (tertiary alicyclic amines) is 1. The second kappa shape index (κ2) is 4.34. The van der Waals surface area contributed by atoms with Crippen molar-refractivity contribution in [3.63, 3.8) is 0 Å². The molecule has 4 heteroatoms. The fourth-order valence-electron chi connectivity index (χ4n) is 2.26. The first kappa shape index (κ1) is 12.8. The predicted octanol–water partition coefficient (Wildman–Crippen LogP) is 2.12. The Morgan fingerprint density at radius 2 is 1.87 bits per heavy atom. The van der Waals surface area contributed by atoms with E-state index in [1.165, 1.54) is 6.42 Å². The number of aliphatic hydroxyl groups excluding tert-OH is 1. The summed E-state index contributed by atoms with van der Waals surface area (Å²) in [5.41, 5.74) is -0.783. The number of aliphatic hydroxyl groups is 1. The van der Waals surface area contributed by atoms with Crippen molar-refractivity contribution in [1.29, 1.82) is 0 Å². The molecule has 1 heterocycles. The number of halogens is 2. The van der Waals surface area contributed by atoms with Gasteiger partial charge in [0.1, 0.15) is 0 Å². The highest BCUT2D eigenvalue weighted by Crippen LogP contribution is 2.65. The van der Waals surface area contributed by atoms with Crippen molar-refractivity contribution in [3.05, 3.63) is 0 Å². The van der Waals surface area contributed by atoms with Gasteiger partial charge in [-0.05, 0) is 13.5 Å². The topological polar surface area (TPSA) is 23.5 Å². The lowest BCUT2D eigenvalue weighted by atomic mass is 10.0. The van der Waals surface area contributed by atoms with Crippen LogP contribution in [0.1, 0.15) is 33.1 Å². The molecule has 1 aliphatic heterocycles. The fourth-order valence-corrected chi connectivity index (χ4v) is 2.26. The van der Waals surface area contributed by atoms with E-state index in [2.05, 4.69) is 13.8 Å². The summed E-state index contributed by atoms with van der Waals surface area (Å²) >= 11 is 0. The van der Waals surface area contributed by atoms with E-state index in [0.29, 0.717) is 13.0 Å². The van der Waals surface area contributed by atoms with Gasteiger partial charge in [0, 0.05) is 19.0 Å². The van der Waals surface area contributed by atoms with Crippen LogP contribution in [0.5, 0.6) is 0 Å². The zero-order valence-electron chi connectivity index (χ0n) is 9.76. The Morgan fingerprint density at radius 1 is 1.40 bits per heavy atom. The van der Waals surface area contributed by atoms with E-state index in [9.17, 15) is 8.78 Å². The largest absolute Gasteiger partial charge is 0.395 e. The first-order valence-electron chi connectivity index (χ1n) is 5.61. The van der Waals surface area contributed by atoms with E-state index in [4.69, 9.17) is 5.11 Å². The quantitative estimate of drug-likeness (QED) is 0.733. The minimum Gasteiger partial charge on any atom is -0.395 e. The summed E-state index contributed by atoms with van der Waals surface area (Å²) in [5, 5.41) is 8.88. The molecule has 1 unspecified atom stereocenters. The SMILES string of the molecule is CCC.CN1CC2(C[C@H]1CO)CC2(F)F. The Kier molecular flexibility index (Phi) is 3.71. The number of nitrogens with zero attached hydrogens (tertiary/aromatic N) is 1. The first-order valence-corrected chi connectivity index (χ1v) is 5.61. The second-order valence-corrected chi connectivity index (χ2v) is 4.82. The number of rotatable bonds is 1. The van der Waals surface area contributed by atoms with Gasteiger partial charge in [0.05, 0.1) is 12.0 Å². The number of hydrogen-bond acceptors (Lipinski definition) is 2. The van der Waals surface area contributed by atoms with Gasteiger partial charge in [-0.2, -0.15) is 0 Å². The van der Waals surface area contributed by atoms with Gasteiger partial charge in [-0.25, -0.2) is 8.78 Å². The molecule has 0 amide bonds. The Balaban J connectivity index is 0.000000337. The van der Waals surface area contributed by atoms with Crippen LogP contribution in [0.3, 0.4) is 0 Å². The third kappa shape index (κ3) is 2.31. The average molecular weight is 221 g/mol. The van der Waals surface area contributed by atoms with Crippen molar-refractivity contribution >= 4 is 0 Å². The molecule has 1 N–H and O–H groups in total. The first-order chi connectivity index (χ1) is 6.92. The van der Waals surface area contributed by atoms with Crippen molar-refractivity contribution in [2.24, 2.45) is 5.41 Å². The molecule has 2 nitrogen and oxygen atoms in total. The van der Waals surface area contributed by atoms with Gasteiger partial charge in [0.25, 0.3) is 5.92 Å². The molecule has 0 aromatic heterocycles. The van der Waals surface area contributed by atoms with Crippen LogP contribution < -0.4 is 0 Å². The molecular weight excluding hydrogens is 200 g/mol. The molecular formula is C11H21F2NO. The molecule has 0 aromatic rings. The van der Waals surface area contributed by atoms with Crippen molar-refractivity contribution in [2.45, 2.75) is 45.1 Å². The lowest BCUT2D eigenvalue weighted by molar-refractivity contribution is 0.0671.